The van der Waals surface area contributed by atoms with E-state index < -0.39 is 0 Å². The fraction of sp³-hybridized carbons (Fsp3) is 0.545. The van der Waals surface area contributed by atoms with Crippen LogP contribution in [-0.2, 0) is 6.54 Å². The van der Waals surface area contributed by atoms with Crippen molar-refractivity contribution in [2.45, 2.75) is 19.9 Å². The van der Waals surface area contributed by atoms with Crippen LogP contribution < -0.4 is 10.6 Å². The minimum Gasteiger partial charge on any atom is -0.315 e. The first kappa shape index (κ1) is 12.6. The number of nitrogens with zero attached hydrogens (tertiary/aromatic N) is 1. The number of hydrogen-bond donors (Lipinski definition) is 2. The third-order valence-electron chi connectivity index (χ3n) is 2.00. The molecule has 15 heavy (non-hydrogen) atoms. The molecule has 1 aromatic heterocycles. The summed E-state index contributed by atoms with van der Waals surface area (Å²) >= 11 is 3.40. The van der Waals surface area contributed by atoms with Crippen molar-refractivity contribution in [2.75, 3.05) is 19.6 Å². The van der Waals surface area contributed by atoms with Crippen molar-refractivity contribution in [3.05, 3.63) is 28.5 Å². The van der Waals surface area contributed by atoms with E-state index in [9.17, 15) is 0 Å². The molecule has 0 saturated carbocycles. The minimum absolute atomic E-state index is 0.875. The van der Waals surface area contributed by atoms with E-state index in [1.165, 1.54) is 12.0 Å². The molecular formula is C11H18BrN3. The second kappa shape index (κ2) is 7.79. The molecule has 1 aromatic rings. The number of pyridine rings is 1. The standard InChI is InChI=1S/C11H18BrN3/c1-2-3-13-4-5-14-7-10-6-11(12)9-15-8-10/h6,8-9,13-14H,2-5,7H2,1H3. The van der Waals surface area contributed by atoms with E-state index >= 15 is 0 Å². The molecular weight excluding hydrogens is 254 g/mol. The van der Waals surface area contributed by atoms with Gasteiger partial charge in [-0.15, -0.1) is 0 Å². The Kier molecular flexibility index (Phi) is 6.55. The molecule has 0 aliphatic carbocycles. The summed E-state index contributed by atoms with van der Waals surface area (Å²) in [6.07, 6.45) is 4.87. The van der Waals surface area contributed by atoms with Crippen LogP contribution in [-0.4, -0.2) is 24.6 Å². The van der Waals surface area contributed by atoms with Crippen molar-refractivity contribution in [1.29, 1.82) is 0 Å². The van der Waals surface area contributed by atoms with Crippen LogP contribution in [0.3, 0.4) is 0 Å². The van der Waals surface area contributed by atoms with Gasteiger partial charge in [0.2, 0.25) is 0 Å². The summed E-state index contributed by atoms with van der Waals surface area (Å²) in [5, 5.41) is 6.71. The molecule has 4 heteroatoms. The molecule has 84 valence electrons. The van der Waals surface area contributed by atoms with Crippen LogP contribution in [0.2, 0.25) is 0 Å². The third-order valence-corrected chi connectivity index (χ3v) is 2.43. The monoisotopic (exact) mass is 271 g/mol. The van der Waals surface area contributed by atoms with Crippen molar-refractivity contribution in [2.24, 2.45) is 0 Å². The lowest BCUT2D eigenvalue weighted by Gasteiger charge is -2.05. The first-order valence-electron chi connectivity index (χ1n) is 5.33. The summed E-state index contributed by atoms with van der Waals surface area (Å²) in [6.45, 7) is 6.16. The molecule has 3 nitrogen and oxygen atoms in total. The van der Waals surface area contributed by atoms with E-state index in [4.69, 9.17) is 0 Å². The van der Waals surface area contributed by atoms with Crippen LogP contribution in [0.1, 0.15) is 18.9 Å². The molecule has 2 N–H and O–H groups in total. The second-order valence-corrected chi connectivity index (χ2v) is 4.35. The SMILES string of the molecule is CCCNCCNCc1cncc(Br)c1. The first-order valence-corrected chi connectivity index (χ1v) is 6.13. The molecule has 0 fully saturated rings. The van der Waals surface area contributed by atoms with Crippen LogP contribution in [0.25, 0.3) is 0 Å². The molecule has 0 aliphatic heterocycles. The third kappa shape index (κ3) is 5.87. The second-order valence-electron chi connectivity index (χ2n) is 3.44. The number of rotatable bonds is 7. The zero-order chi connectivity index (χ0) is 10.9. The molecule has 0 bridgehead atoms. The Morgan fingerprint density at radius 1 is 1.20 bits per heavy atom. The van der Waals surface area contributed by atoms with Crippen molar-refractivity contribution in [1.82, 2.24) is 15.6 Å². The molecule has 1 rings (SSSR count). The molecule has 1 heterocycles. The van der Waals surface area contributed by atoms with Gasteiger partial charge >= 0.3 is 0 Å². The Bertz CT molecular complexity index is 278. The van der Waals surface area contributed by atoms with Gasteiger partial charge in [-0.3, -0.25) is 4.98 Å². The number of aromatic nitrogens is 1. The molecule has 0 amide bonds. The minimum atomic E-state index is 0.875. The first-order chi connectivity index (χ1) is 7.33. The Morgan fingerprint density at radius 2 is 2.00 bits per heavy atom. The smallest absolute Gasteiger partial charge is 0.0410 e. The van der Waals surface area contributed by atoms with Gasteiger partial charge in [-0.25, -0.2) is 0 Å². The van der Waals surface area contributed by atoms with Crippen molar-refractivity contribution in [3.63, 3.8) is 0 Å². The number of halogens is 1. The van der Waals surface area contributed by atoms with Gasteiger partial charge in [0.15, 0.2) is 0 Å². The Morgan fingerprint density at radius 3 is 2.73 bits per heavy atom. The predicted octanol–water partition coefficient (Wildman–Crippen LogP) is 1.93. The maximum absolute atomic E-state index is 4.11. The number of hydrogen-bond acceptors (Lipinski definition) is 3. The van der Waals surface area contributed by atoms with Crippen molar-refractivity contribution >= 4 is 15.9 Å². The van der Waals surface area contributed by atoms with Crippen LogP contribution >= 0.6 is 15.9 Å². The maximum Gasteiger partial charge on any atom is 0.0410 e. The zero-order valence-electron chi connectivity index (χ0n) is 9.09. The van der Waals surface area contributed by atoms with E-state index in [1.807, 2.05) is 6.20 Å². The normalized spacial score (nSPS) is 10.5. The average Bonchev–Trinajstić information content (AvgIpc) is 2.23. The average molecular weight is 272 g/mol. The highest BCUT2D eigenvalue weighted by Gasteiger charge is 1.93. The predicted molar refractivity (Wildman–Crippen MR) is 66.8 cm³/mol. The maximum atomic E-state index is 4.11. The summed E-state index contributed by atoms with van der Waals surface area (Å²) in [5.41, 5.74) is 1.21. The van der Waals surface area contributed by atoms with Gasteiger partial charge in [0.05, 0.1) is 0 Å². The van der Waals surface area contributed by atoms with Crippen molar-refractivity contribution < 1.29 is 0 Å². The van der Waals surface area contributed by atoms with Crippen LogP contribution in [0, 0.1) is 0 Å². The quantitative estimate of drug-likeness (QED) is 0.745. The summed E-state index contributed by atoms with van der Waals surface area (Å²) in [5.74, 6) is 0. The summed E-state index contributed by atoms with van der Waals surface area (Å²) in [7, 11) is 0. The van der Waals surface area contributed by atoms with E-state index in [2.05, 4.69) is 44.5 Å². The van der Waals surface area contributed by atoms with Crippen LogP contribution in [0.5, 0.6) is 0 Å². The lowest BCUT2D eigenvalue weighted by atomic mass is 10.3. The van der Waals surface area contributed by atoms with Gasteiger partial charge in [-0.05, 0) is 40.5 Å². The summed E-state index contributed by atoms with van der Waals surface area (Å²) in [4.78, 5) is 4.11. The molecule has 0 aliphatic rings. The molecule has 0 unspecified atom stereocenters. The van der Waals surface area contributed by atoms with Crippen LogP contribution in [0.4, 0.5) is 0 Å². The van der Waals surface area contributed by atoms with E-state index in [-0.39, 0.29) is 0 Å². The zero-order valence-corrected chi connectivity index (χ0v) is 10.7. The fourth-order valence-corrected chi connectivity index (χ4v) is 1.68. The largest absolute Gasteiger partial charge is 0.315 e. The van der Waals surface area contributed by atoms with Crippen LogP contribution in [0.15, 0.2) is 22.9 Å². The molecule has 0 saturated heterocycles. The molecule has 0 aromatic carbocycles. The van der Waals surface area contributed by atoms with E-state index in [1.54, 1.807) is 6.20 Å². The van der Waals surface area contributed by atoms with Crippen molar-refractivity contribution in [3.8, 4) is 0 Å². The van der Waals surface area contributed by atoms with Gasteiger partial charge in [-0.1, -0.05) is 6.92 Å². The summed E-state index contributed by atoms with van der Waals surface area (Å²) < 4.78 is 1.03. The van der Waals surface area contributed by atoms with E-state index in [0.717, 1.165) is 30.7 Å². The van der Waals surface area contributed by atoms with Gasteiger partial charge < -0.3 is 10.6 Å². The molecule has 0 atom stereocenters. The lowest BCUT2D eigenvalue weighted by molar-refractivity contribution is 0.606. The molecule has 0 spiro atoms. The lowest BCUT2D eigenvalue weighted by Crippen LogP contribution is -2.27. The van der Waals surface area contributed by atoms with Gasteiger partial charge in [0.25, 0.3) is 0 Å². The van der Waals surface area contributed by atoms with E-state index in [0.29, 0.717) is 0 Å². The topological polar surface area (TPSA) is 37.0 Å². The van der Waals surface area contributed by atoms with Gasteiger partial charge in [0.1, 0.15) is 0 Å². The Balaban J connectivity index is 2.10. The summed E-state index contributed by atoms with van der Waals surface area (Å²) in [6, 6.07) is 2.08. The van der Waals surface area contributed by atoms with Gasteiger partial charge in [-0.2, -0.15) is 0 Å². The molecule has 0 radical (unpaired) electrons. The highest BCUT2D eigenvalue weighted by atomic mass is 79.9. The Labute approximate surface area is 99.8 Å². The number of nitrogens with one attached hydrogen (secondary N) is 2. The van der Waals surface area contributed by atoms with Gasteiger partial charge in [0, 0.05) is 36.5 Å². The highest BCUT2D eigenvalue weighted by molar-refractivity contribution is 9.10. The Hall–Kier alpha value is -0.450. The fourth-order valence-electron chi connectivity index (χ4n) is 1.26. The highest BCUT2D eigenvalue weighted by Crippen LogP contribution is 2.08.